The maximum Gasteiger partial charge on any atom is 0.246 e. The van der Waals surface area contributed by atoms with Crippen LogP contribution in [0.4, 0.5) is 10.1 Å². The van der Waals surface area contributed by atoms with E-state index in [0.717, 1.165) is 5.56 Å². The number of benzene rings is 2. The van der Waals surface area contributed by atoms with E-state index in [2.05, 4.69) is 5.32 Å². The zero-order valence-electron chi connectivity index (χ0n) is 16.1. The molecule has 0 saturated heterocycles. The molecule has 0 aliphatic rings. The Balaban J connectivity index is 1.94. The number of carbonyl (C=O) groups excluding carboxylic acids is 2. The number of nitrogens with zero attached hydrogens (tertiary/aromatic N) is 1. The molecule has 2 aromatic rings. The molecule has 0 saturated carbocycles. The number of methoxy groups -OCH3 is 1. The molecule has 0 aliphatic carbocycles. The smallest absolute Gasteiger partial charge is 0.246 e. The van der Waals surface area contributed by atoms with E-state index < -0.39 is 0 Å². The molecule has 0 aromatic heterocycles. The lowest BCUT2D eigenvalue weighted by atomic mass is 10.2. The van der Waals surface area contributed by atoms with Crippen molar-refractivity contribution < 1.29 is 23.5 Å². The highest BCUT2D eigenvalue weighted by atomic mass is 19.1. The van der Waals surface area contributed by atoms with Crippen LogP contribution < -0.4 is 14.8 Å². The Morgan fingerprint density at radius 1 is 1.14 bits per heavy atom. The van der Waals surface area contributed by atoms with Gasteiger partial charge in [-0.1, -0.05) is 6.07 Å². The van der Waals surface area contributed by atoms with Crippen molar-refractivity contribution in [2.24, 2.45) is 0 Å². The molecule has 0 fully saturated rings. The van der Waals surface area contributed by atoms with E-state index in [1.807, 2.05) is 6.92 Å². The SMILES string of the molecule is CCOc1cc(/C=C/C(=O)N(C)CC(=O)Nc2ccc(F)cc2)ccc1OC. The van der Waals surface area contributed by atoms with Crippen molar-refractivity contribution in [3.05, 3.63) is 59.9 Å². The molecule has 0 bridgehead atoms. The summed E-state index contributed by atoms with van der Waals surface area (Å²) in [6.45, 7) is 2.24. The van der Waals surface area contributed by atoms with E-state index in [4.69, 9.17) is 9.47 Å². The van der Waals surface area contributed by atoms with Crippen molar-refractivity contribution >= 4 is 23.6 Å². The van der Waals surface area contributed by atoms with Gasteiger partial charge in [-0.25, -0.2) is 4.39 Å². The topological polar surface area (TPSA) is 67.9 Å². The summed E-state index contributed by atoms with van der Waals surface area (Å²) in [4.78, 5) is 25.5. The van der Waals surface area contributed by atoms with Crippen molar-refractivity contribution in [1.29, 1.82) is 0 Å². The summed E-state index contributed by atoms with van der Waals surface area (Å²) in [5.41, 5.74) is 1.23. The summed E-state index contributed by atoms with van der Waals surface area (Å²) in [6, 6.07) is 10.7. The number of hydrogen-bond acceptors (Lipinski definition) is 4. The van der Waals surface area contributed by atoms with Crippen LogP contribution in [0.5, 0.6) is 11.5 Å². The van der Waals surface area contributed by atoms with Gasteiger partial charge in [0, 0.05) is 18.8 Å². The molecule has 148 valence electrons. The molecule has 0 spiro atoms. The van der Waals surface area contributed by atoms with Crippen LogP contribution >= 0.6 is 0 Å². The first-order valence-electron chi connectivity index (χ1n) is 8.72. The molecular weight excluding hydrogens is 363 g/mol. The first kappa shape index (κ1) is 21.0. The Bertz CT molecular complexity index is 850. The third-order valence-electron chi connectivity index (χ3n) is 3.79. The standard InChI is InChI=1S/C21H23FN2O4/c1-4-28-19-13-15(5-11-18(19)27-3)6-12-21(26)24(2)14-20(25)23-17-9-7-16(22)8-10-17/h5-13H,4,14H2,1-3H3,(H,23,25)/b12-6+. The number of nitrogens with one attached hydrogen (secondary N) is 1. The zero-order valence-corrected chi connectivity index (χ0v) is 16.1. The normalized spacial score (nSPS) is 10.6. The highest BCUT2D eigenvalue weighted by molar-refractivity contribution is 5.97. The Hall–Kier alpha value is -3.35. The molecule has 0 atom stereocenters. The van der Waals surface area contributed by atoms with Crippen molar-refractivity contribution in [3.8, 4) is 11.5 Å². The predicted molar refractivity (Wildman–Crippen MR) is 106 cm³/mol. The van der Waals surface area contributed by atoms with Crippen LogP contribution in [0.3, 0.4) is 0 Å². The van der Waals surface area contributed by atoms with Gasteiger partial charge < -0.3 is 19.7 Å². The summed E-state index contributed by atoms with van der Waals surface area (Å²) >= 11 is 0. The molecule has 0 heterocycles. The summed E-state index contributed by atoms with van der Waals surface area (Å²) < 4.78 is 23.6. The molecule has 1 N–H and O–H groups in total. The minimum absolute atomic E-state index is 0.132. The van der Waals surface area contributed by atoms with Crippen molar-refractivity contribution in [3.63, 3.8) is 0 Å². The number of ether oxygens (including phenoxy) is 2. The Kier molecular flexibility index (Phi) is 7.56. The van der Waals surface area contributed by atoms with E-state index >= 15 is 0 Å². The largest absolute Gasteiger partial charge is 0.493 e. The Labute approximate surface area is 163 Å². The molecule has 0 aliphatic heterocycles. The summed E-state index contributed by atoms with van der Waals surface area (Å²) in [5.74, 6) is 0.106. The second kappa shape index (κ2) is 10.1. The lowest BCUT2D eigenvalue weighted by Gasteiger charge is -2.15. The zero-order chi connectivity index (χ0) is 20.5. The monoisotopic (exact) mass is 386 g/mol. The Morgan fingerprint density at radius 3 is 2.50 bits per heavy atom. The van der Waals surface area contributed by atoms with E-state index in [-0.39, 0.29) is 24.2 Å². The summed E-state index contributed by atoms with van der Waals surface area (Å²) in [5, 5.41) is 2.61. The van der Waals surface area contributed by atoms with Crippen LogP contribution in [-0.4, -0.2) is 44.0 Å². The van der Waals surface area contributed by atoms with Gasteiger partial charge in [-0.3, -0.25) is 9.59 Å². The Morgan fingerprint density at radius 2 is 1.86 bits per heavy atom. The second-order valence-electron chi connectivity index (χ2n) is 5.93. The number of rotatable bonds is 8. The number of likely N-dealkylation sites (N-methyl/N-ethyl adjacent to an activating group) is 1. The van der Waals surface area contributed by atoms with Crippen LogP contribution in [0.2, 0.25) is 0 Å². The molecule has 0 radical (unpaired) electrons. The molecule has 0 unspecified atom stereocenters. The van der Waals surface area contributed by atoms with Gasteiger partial charge in [0.25, 0.3) is 0 Å². The lowest BCUT2D eigenvalue weighted by molar-refractivity contribution is -0.129. The highest BCUT2D eigenvalue weighted by Crippen LogP contribution is 2.28. The van der Waals surface area contributed by atoms with Crippen LogP contribution in [0.25, 0.3) is 6.08 Å². The number of amides is 2. The molecule has 2 aromatic carbocycles. The van der Waals surface area contributed by atoms with Gasteiger partial charge in [-0.15, -0.1) is 0 Å². The molecule has 6 nitrogen and oxygen atoms in total. The van der Waals surface area contributed by atoms with Gasteiger partial charge in [0.15, 0.2) is 11.5 Å². The summed E-state index contributed by atoms with van der Waals surface area (Å²) in [7, 11) is 3.08. The van der Waals surface area contributed by atoms with Gasteiger partial charge in [-0.2, -0.15) is 0 Å². The van der Waals surface area contributed by atoms with Crippen molar-refractivity contribution in [2.45, 2.75) is 6.92 Å². The van der Waals surface area contributed by atoms with Gasteiger partial charge in [-0.05, 0) is 55.0 Å². The molecular formula is C21H23FN2O4. The molecule has 28 heavy (non-hydrogen) atoms. The van der Waals surface area contributed by atoms with Gasteiger partial charge in [0.1, 0.15) is 5.82 Å². The van der Waals surface area contributed by atoms with Gasteiger partial charge in [0.2, 0.25) is 11.8 Å². The fourth-order valence-corrected chi connectivity index (χ4v) is 2.39. The van der Waals surface area contributed by atoms with Crippen LogP contribution in [-0.2, 0) is 9.59 Å². The predicted octanol–water partition coefficient (Wildman–Crippen LogP) is 3.34. The first-order chi connectivity index (χ1) is 13.4. The summed E-state index contributed by atoms with van der Waals surface area (Å²) in [6.07, 6.45) is 3.02. The quantitative estimate of drug-likeness (QED) is 0.707. The number of halogens is 1. The fourth-order valence-electron chi connectivity index (χ4n) is 2.39. The third kappa shape index (κ3) is 6.12. The number of carbonyl (C=O) groups is 2. The first-order valence-corrected chi connectivity index (χ1v) is 8.72. The maximum absolute atomic E-state index is 12.9. The maximum atomic E-state index is 12.9. The average Bonchev–Trinajstić information content (AvgIpc) is 2.68. The van der Waals surface area contributed by atoms with E-state index in [1.54, 1.807) is 31.4 Å². The van der Waals surface area contributed by atoms with Gasteiger partial charge >= 0.3 is 0 Å². The van der Waals surface area contributed by atoms with Crippen LogP contribution in [0.1, 0.15) is 12.5 Å². The van der Waals surface area contributed by atoms with Crippen LogP contribution in [0, 0.1) is 5.82 Å². The van der Waals surface area contributed by atoms with E-state index in [1.165, 1.54) is 42.3 Å². The third-order valence-corrected chi connectivity index (χ3v) is 3.79. The lowest BCUT2D eigenvalue weighted by Crippen LogP contribution is -2.33. The minimum atomic E-state index is -0.388. The van der Waals surface area contributed by atoms with Crippen LogP contribution in [0.15, 0.2) is 48.5 Å². The van der Waals surface area contributed by atoms with Crippen molar-refractivity contribution in [2.75, 3.05) is 32.6 Å². The minimum Gasteiger partial charge on any atom is -0.493 e. The average molecular weight is 386 g/mol. The van der Waals surface area contributed by atoms with E-state index in [0.29, 0.717) is 23.8 Å². The highest BCUT2D eigenvalue weighted by Gasteiger charge is 2.11. The molecule has 2 amide bonds. The molecule has 2 rings (SSSR count). The van der Waals surface area contributed by atoms with Gasteiger partial charge in [0.05, 0.1) is 20.3 Å². The van der Waals surface area contributed by atoms with Crippen molar-refractivity contribution in [1.82, 2.24) is 4.90 Å². The molecule has 7 heteroatoms. The van der Waals surface area contributed by atoms with E-state index in [9.17, 15) is 14.0 Å². The fraction of sp³-hybridized carbons (Fsp3) is 0.238. The number of hydrogen-bond donors (Lipinski definition) is 1. The second-order valence-corrected chi connectivity index (χ2v) is 5.93. The number of anilines is 1.